The summed E-state index contributed by atoms with van der Waals surface area (Å²) in [4.78, 5) is 0. The van der Waals surface area contributed by atoms with Crippen molar-refractivity contribution in [1.82, 2.24) is 0 Å². The van der Waals surface area contributed by atoms with Gasteiger partial charge in [-0.15, -0.1) is 0 Å². The molecule has 2 heteroatoms. The molecule has 0 spiro atoms. The van der Waals surface area contributed by atoms with Crippen LogP contribution in [0.4, 0.5) is 4.39 Å². The van der Waals surface area contributed by atoms with Crippen molar-refractivity contribution in [2.24, 2.45) is 17.6 Å². The van der Waals surface area contributed by atoms with Crippen LogP contribution in [0.1, 0.15) is 56.2 Å². The van der Waals surface area contributed by atoms with Gasteiger partial charge in [-0.05, 0) is 43.2 Å². The molecule has 1 aliphatic carbocycles. The maximum Gasteiger partial charge on any atom is 0.128 e. The van der Waals surface area contributed by atoms with E-state index in [0.29, 0.717) is 11.5 Å². The molecule has 1 aliphatic rings. The van der Waals surface area contributed by atoms with Crippen LogP contribution in [0, 0.1) is 24.6 Å². The molecule has 0 bridgehead atoms. The third-order valence-electron chi connectivity index (χ3n) is 4.49. The van der Waals surface area contributed by atoms with Gasteiger partial charge in [0.1, 0.15) is 5.82 Å². The molecule has 2 rings (SSSR count). The molecule has 0 radical (unpaired) electrons. The summed E-state index contributed by atoms with van der Waals surface area (Å²) in [6, 6.07) is 5.27. The second-order valence-corrected chi connectivity index (χ2v) is 5.74. The highest BCUT2D eigenvalue weighted by Crippen LogP contribution is 2.37. The maximum atomic E-state index is 13.9. The Bertz CT molecular complexity index is 394. The number of hydrogen-bond donors (Lipinski definition) is 1. The molecule has 2 N–H and O–H groups in total. The summed E-state index contributed by atoms with van der Waals surface area (Å²) in [7, 11) is 0. The van der Waals surface area contributed by atoms with Crippen molar-refractivity contribution in [3.05, 3.63) is 35.1 Å². The lowest BCUT2D eigenvalue weighted by atomic mass is 9.76. The van der Waals surface area contributed by atoms with E-state index in [0.717, 1.165) is 24.3 Å². The van der Waals surface area contributed by atoms with Crippen LogP contribution in [0.2, 0.25) is 0 Å². The molecular formula is C16H24FN. The summed E-state index contributed by atoms with van der Waals surface area (Å²) in [6.45, 7) is 4.16. The van der Waals surface area contributed by atoms with E-state index >= 15 is 0 Å². The normalized spacial score (nSPS) is 26.0. The van der Waals surface area contributed by atoms with Gasteiger partial charge < -0.3 is 5.73 Å². The fourth-order valence-electron chi connectivity index (χ4n) is 3.11. The lowest BCUT2D eigenvalue weighted by molar-refractivity contribution is 0.237. The Morgan fingerprint density at radius 1 is 1.28 bits per heavy atom. The van der Waals surface area contributed by atoms with E-state index < -0.39 is 0 Å². The van der Waals surface area contributed by atoms with E-state index in [-0.39, 0.29) is 11.9 Å². The fraction of sp³-hybridized carbons (Fsp3) is 0.625. The molecule has 18 heavy (non-hydrogen) atoms. The minimum Gasteiger partial charge on any atom is -0.324 e. The molecule has 100 valence electrons. The van der Waals surface area contributed by atoms with Gasteiger partial charge in [-0.25, -0.2) is 4.39 Å². The summed E-state index contributed by atoms with van der Waals surface area (Å²) in [5.41, 5.74) is 7.92. The Morgan fingerprint density at radius 3 is 2.50 bits per heavy atom. The first-order valence-corrected chi connectivity index (χ1v) is 7.13. The smallest absolute Gasteiger partial charge is 0.128 e. The molecule has 1 aromatic rings. The van der Waals surface area contributed by atoms with Crippen LogP contribution in [-0.4, -0.2) is 0 Å². The zero-order chi connectivity index (χ0) is 13.1. The summed E-state index contributed by atoms with van der Waals surface area (Å²) in [5, 5.41) is 0. The van der Waals surface area contributed by atoms with E-state index in [1.54, 1.807) is 6.07 Å². The summed E-state index contributed by atoms with van der Waals surface area (Å²) >= 11 is 0. The number of hydrogen-bond acceptors (Lipinski definition) is 1. The minimum atomic E-state index is -0.139. The van der Waals surface area contributed by atoms with E-state index in [2.05, 4.69) is 6.92 Å². The first-order valence-electron chi connectivity index (χ1n) is 7.13. The van der Waals surface area contributed by atoms with Gasteiger partial charge in [0.05, 0.1) is 0 Å². The molecule has 1 saturated carbocycles. The second kappa shape index (κ2) is 5.83. The molecule has 0 heterocycles. The topological polar surface area (TPSA) is 26.0 Å². The Morgan fingerprint density at radius 2 is 1.94 bits per heavy atom. The largest absolute Gasteiger partial charge is 0.324 e. The second-order valence-electron chi connectivity index (χ2n) is 5.74. The SMILES string of the molecule is CCC1CCC(C(N)c2ccc(C)cc2F)CC1. The number of nitrogens with two attached hydrogens (primary N) is 1. The van der Waals surface area contributed by atoms with Crippen LogP contribution in [0.3, 0.4) is 0 Å². The molecule has 0 aromatic heterocycles. The fourth-order valence-corrected chi connectivity index (χ4v) is 3.11. The molecule has 1 nitrogen and oxygen atoms in total. The molecule has 0 saturated heterocycles. The molecule has 0 amide bonds. The summed E-state index contributed by atoms with van der Waals surface area (Å²) < 4.78 is 13.9. The maximum absolute atomic E-state index is 13.9. The molecule has 1 unspecified atom stereocenters. The quantitative estimate of drug-likeness (QED) is 0.846. The number of benzene rings is 1. The molecule has 1 atom stereocenters. The third kappa shape index (κ3) is 2.92. The van der Waals surface area contributed by atoms with E-state index in [4.69, 9.17) is 5.73 Å². The number of rotatable bonds is 3. The lowest BCUT2D eigenvalue weighted by Gasteiger charge is -2.32. The Kier molecular flexibility index (Phi) is 4.39. The monoisotopic (exact) mass is 249 g/mol. The van der Waals surface area contributed by atoms with Crippen molar-refractivity contribution < 1.29 is 4.39 Å². The van der Waals surface area contributed by atoms with E-state index in [1.165, 1.54) is 19.3 Å². The highest BCUT2D eigenvalue weighted by molar-refractivity contribution is 5.26. The zero-order valence-corrected chi connectivity index (χ0v) is 11.5. The van der Waals surface area contributed by atoms with Gasteiger partial charge in [0, 0.05) is 11.6 Å². The summed E-state index contributed by atoms with van der Waals surface area (Å²) in [6.07, 6.45) is 6.06. The van der Waals surface area contributed by atoms with Crippen LogP contribution in [-0.2, 0) is 0 Å². The van der Waals surface area contributed by atoms with Crippen molar-refractivity contribution >= 4 is 0 Å². The summed E-state index contributed by atoms with van der Waals surface area (Å²) in [5.74, 6) is 1.17. The number of aryl methyl sites for hydroxylation is 1. The van der Waals surface area contributed by atoms with Crippen molar-refractivity contribution in [3.8, 4) is 0 Å². The van der Waals surface area contributed by atoms with Crippen LogP contribution in [0.25, 0.3) is 0 Å². The third-order valence-corrected chi connectivity index (χ3v) is 4.49. The van der Waals surface area contributed by atoms with Crippen molar-refractivity contribution in [1.29, 1.82) is 0 Å². The Hall–Kier alpha value is -0.890. The first-order chi connectivity index (χ1) is 8.61. The van der Waals surface area contributed by atoms with Gasteiger partial charge in [-0.3, -0.25) is 0 Å². The standard InChI is InChI=1S/C16H24FN/c1-3-12-5-7-13(8-6-12)16(18)14-9-4-11(2)10-15(14)17/h4,9-10,12-13,16H,3,5-8,18H2,1-2H3. The predicted octanol–water partition coefficient (Wildman–Crippen LogP) is 4.35. The van der Waals surface area contributed by atoms with Crippen LogP contribution in [0.15, 0.2) is 18.2 Å². The highest BCUT2D eigenvalue weighted by Gasteiger charge is 2.27. The van der Waals surface area contributed by atoms with Crippen molar-refractivity contribution in [2.75, 3.05) is 0 Å². The average molecular weight is 249 g/mol. The first kappa shape index (κ1) is 13.5. The van der Waals surface area contributed by atoms with Gasteiger partial charge in [0.2, 0.25) is 0 Å². The minimum absolute atomic E-state index is 0.136. The van der Waals surface area contributed by atoms with Crippen LogP contribution in [0.5, 0.6) is 0 Å². The molecule has 1 fully saturated rings. The van der Waals surface area contributed by atoms with Crippen LogP contribution < -0.4 is 5.73 Å². The van der Waals surface area contributed by atoms with Gasteiger partial charge in [0.15, 0.2) is 0 Å². The van der Waals surface area contributed by atoms with Crippen LogP contribution >= 0.6 is 0 Å². The van der Waals surface area contributed by atoms with Crippen molar-refractivity contribution in [3.63, 3.8) is 0 Å². The van der Waals surface area contributed by atoms with Gasteiger partial charge in [-0.1, -0.05) is 38.3 Å². The zero-order valence-electron chi connectivity index (χ0n) is 11.5. The van der Waals surface area contributed by atoms with Gasteiger partial charge in [0.25, 0.3) is 0 Å². The van der Waals surface area contributed by atoms with E-state index in [1.807, 2.05) is 19.1 Å². The molecule has 0 aliphatic heterocycles. The van der Waals surface area contributed by atoms with Gasteiger partial charge in [-0.2, -0.15) is 0 Å². The van der Waals surface area contributed by atoms with Crippen molar-refractivity contribution in [2.45, 2.75) is 52.0 Å². The Labute approximate surface area is 110 Å². The lowest BCUT2D eigenvalue weighted by Crippen LogP contribution is -2.26. The molecule has 1 aromatic carbocycles. The average Bonchev–Trinajstić information content (AvgIpc) is 2.38. The molecular weight excluding hydrogens is 225 g/mol. The van der Waals surface area contributed by atoms with Gasteiger partial charge >= 0.3 is 0 Å². The van der Waals surface area contributed by atoms with E-state index in [9.17, 15) is 4.39 Å². The highest BCUT2D eigenvalue weighted by atomic mass is 19.1. The predicted molar refractivity (Wildman–Crippen MR) is 73.8 cm³/mol. The Balaban J connectivity index is 2.05. The number of halogens is 1.